The number of nitrogens with zero attached hydrogens (tertiary/aromatic N) is 2. The van der Waals surface area contributed by atoms with Crippen LogP contribution in [-0.2, 0) is 11.2 Å². The van der Waals surface area contributed by atoms with Gasteiger partial charge in [-0.2, -0.15) is 0 Å². The van der Waals surface area contributed by atoms with E-state index in [2.05, 4.69) is 39.5 Å². The summed E-state index contributed by atoms with van der Waals surface area (Å²) >= 11 is 3.41. The van der Waals surface area contributed by atoms with E-state index in [0.29, 0.717) is 24.4 Å². The summed E-state index contributed by atoms with van der Waals surface area (Å²) in [6.45, 7) is 1.71. The van der Waals surface area contributed by atoms with E-state index in [4.69, 9.17) is 0 Å². The van der Waals surface area contributed by atoms with Crippen LogP contribution in [0.1, 0.15) is 36.4 Å². The predicted molar refractivity (Wildman–Crippen MR) is 103 cm³/mol. The maximum absolute atomic E-state index is 12.2. The number of aryl methyl sites for hydroxylation is 1. The molecule has 1 aromatic heterocycles. The van der Waals surface area contributed by atoms with E-state index in [9.17, 15) is 4.79 Å². The highest BCUT2D eigenvalue weighted by atomic mass is 32.2. The first kappa shape index (κ1) is 17.1. The van der Waals surface area contributed by atoms with E-state index in [-0.39, 0.29) is 0 Å². The van der Waals surface area contributed by atoms with Gasteiger partial charge in [-0.15, -0.1) is 11.3 Å². The van der Waals surface area contributed by atoms with E-state index in [1.807, 2.05) is 11.6 Å². The van der Waals surface area contributed by atoms with E-state index in [1.165, 1.54) is 17.5 Å². The average molecular weight is 374 g/mol. The van der Waals surface area contributed by atoms with Crippen LogP contribution in [-0.4, -0.2) is 40.7 Å². The van der Waals surface area contributed by atoms with Crippen LogP contribution in [0.2, 0.25) is 0 Å². The van der Waals surface area contributed by atoms with E-state index < -0.39 is 0 Å². The molecule has 4 nitrogen and oxygen atoms in total. The van der Waals surface area contributed by atoms with Crippen molar-refractivity contribution < 1.29 is 4.79 Å². The summed E-state index contributed by atoms with van der Waals surface area (Å²) in [5, 5.41) is 5.72. The number of nitrogens with one attached hydrogen (secondary N) is 1. The summed E-state index contributed by atoms with van der Waals surface area (Å²) < 4.78 is 1.09. The van der Waals surface area contributed by atoms with Crippen LogP contribution >= 0.6 is 23.1 Å². The molecule has 0 spiro atoms. The van der Waals surface area contributed by atoms with Crippen LogP contribution in [0, 0.1) is 0 Å². The van der Waals surface area contributed by atoms with Gasteiger partial charge in [-0.3, -0.25) is 4.79 Å². The average Bonchev–Trinajstić information content (AvgIpc) is 3.35. The van der Waals surface area contributed by atoms with Crippen molar-refractivity contribution in [2.75, 3.05) is 18.8 Å². The molecular formula is C19H23N3OS2. The SMILES string of the molecule is O=C1CC[C@H](CNC2CCc3ccccc32)N1CCSc1nccs1. The summed E-state index contributed by atoms with van der Waals surface area (Å²) in [7, 11) is 0. The Kier molecular flexibility index (Phi) is 5.39. The third-order valence-electron chi connectivity index (χ3n) is 5.15. The first-order valence-electron chi connectivity index (χ1n) is 8.94. The first-order chi connectivity index (χ1) is 12.3. The lowest BCUT2D eigenvalue weighted by Crippen LogP contribution is -2.41. The lowest BCUT2D eigenvalue weighted by Gasteiger charge is -2.26. The van der Waals surface area contributed by atoms with Gasteiger partial charge in [0.1, 0.15) is 4.34 Å². The largest absolute Gasteiger partial charge is 0.338 e. The Hall–Kier alpha value is -1.37. The monoisotopic (exact) mass is 373 g/mol. The van der Waals surface area contributed by atoms with Crippen molar-refractivity contribution in [3.63, 3.8) is 0 Å². The molecule has 1 aromatic carbocycles. The predicted octanol–water partition coefficient (Wildman–Crippen LogP) is 3.50. The minimum Gasteiger partial charge on any atom is -0.338 e. The Morgan fingerprint density at radius 1 is 1.28 bits per heavy atom. The zero-order valence-corrected chi connectivity index (χ0v) is 15.8. The van der Waals surface area contributed by atoms with Crippen molar-refractivity contribution in [2.24, 2.45) is 0 Å². The molecule has 1 amide bonds. The molecule has 6 heteroatoms. The van der Waals surface area contributed by atoms with Gasteiger partial charge in [-0.25, -0.2) is 4.98 Å². The maximum atomic E-state index is 12.2. The zero-order chi connectivity index (χ0) is 17.1. The van der Waals surface area contributed by atoms with Crippen molar-refractivity contribution in [3.05, 3.63) is 47.0 Å². The van der Waals surface area contributed by atoms with Crippen molar-refractivity contribution in [1.82, 2.24) is 15.2 Å². The molecule has 132 valence electrons. The number of thiazole rings is 1. The molecule has 2 aliphatic rings. The Bertz CT molecular complexity index is 719. The lowest BCUT2D eigenvalue weighted by molar-refractivity contribution is -0.128. The lowest BCUT2D eigenvalue weighted by atomic mass is 10.1. The zero-order valence-electron chi connectivity index (χ0n) is 14.2. The minimum absolute atomic E-state index is 0.304. The van der Waals surface area contributed by atoms with Crippen LogP contribution in [0.5, 0.6) is 0 Å². The molecule has 1 aliphatic carbocycles. The highest BCUT2D eigenvalue weighted by Crippen LogP contribution is 2.31. The van der Waals surface area contributed by atoms with Gasteiger partial charge in [0.2, 0.25) is 5.91 Å². The smallest absolute Gasteiger partial charge is 0.222 e. The molecule has 1 N–H and O–H groups in total. The van der Waals surface area contributed by atoms with Gasteiger partial charge >= 0.3 is 0 Å². The van der Waals surface area contributed by atoms with Crippen LogP contribution < -0.4 is 5.32 Å². The summed E-state index contributed by atoms with van der Waals surface area (Å²) in [6, 6.07) is 9.50. The van der Waals surface area contributed by atoms with Gasteiger partial charge in [-0.05, 0) is 30.4 Å². The second-order valence-electron chi connectivity index (χ2n) is 6.62. The number of amides is 1. The molecule has 0 bridgehead atoms. The molecular weight excluding hydrogens is 350 g/mol. The highest BCUT2D eigenvalue weighted by Gasteiger charge is 2.31. The fourth-order valence-electron chi connectivity index (χ4n) is 3.87. The topological polar surface area (TPSA) is 45.2 Å². The van der Waals surface area contributed by atoms with Crippen LogP contribution in [0.4, 0.5) is 0 Å². The second kappa shape index (κ2) is 7.89. The number of hydrogen-bond acceptors (Lipinski definition) is 5. The number of rotatable bonds is 7. The Balaban J connectivity index is 1.30. The van der Waals surface area contributed by atoms with Crippen LogP contribution in [0.15, 0.2) is 40.2 Å². The second-order valence-corrected chi connectivity index (χ2v) is 8.86. The van der Waals surface area contributed by atoms with E-state index >= 15 is 0 Å². The van der Waals surface area contributed by atoms with Gasteiger partial charge in [0.05, 0.1) is 0 Å². The Labute approximate surface area is 157 Å². The highest BCUT2D eigenvalue weighted by molar-refractivity contribution is 8.01. The summed E-state index contributed by atoms with van der Waals surface area (Å²) in [5.74, 6) is 1.22. The summed E-state index contributed by atoms with van der Waals surface area (Å²) in [4.78, 5) is 18.6. The molecule has 2 heterocycles. The maximum Gasteiger partial charge on any atom is 0.222 e. The van der Waals surface area contributed by atoms with Crippen molar-refractivity contribution in [1.29, 1.82) is 0 Å². The molecule has 25 heavy (non-hydrogen) atoms. The molecule has 0 radical (unpaired) electrons. The van der Waals surface area contributed by atoms with Gasteiger partial charge in [0.15, 0.2) is 0 Å². The molecule has 1 fully saturated rings. The molecule has 1 saturated heterocycles. The molecule has 4 rings (SSSR count). The third-order valence-corrected chi connectivity index (χ3v) is 7.10. The standard InChI is InChI=1S/C19H23N3OS2/c23-18-8-6-15(22(18)10-12-25-19-20-9-11-24-19)13-21-17-7-5-14-3-1-2-4-16(14)17/h1-4,9,11,15,17,21H,5-8,10,12-13H2/t15-,17?/m1/s1. The number of likely N-dealkylation sites (tertiary alicyclic amines) is 1. The summed E-state index contributed by atoms with van der Waals surface area (Å²) in [5.41, 5.74) is 2.91. The Morgan fingerprint density at radius 2 is 2.20 bits per heavy atom. The Morgan fingerprint density at radius 3 is 3.08 bits per heavy atom. The van der Waals surface area contributed by atoms with Gasteiger partial charge in [0, 0.05) is 48.9 Å². The minimum atomic E-state index is 0.304. The van der Waals surface area contributed by atoms with Gasteiger partial charge in [-0.1, -0.05) is 36.0 Å². The number of thioether (sulfide) groups is 1. The number of hydrogen-bond donors (Lipinski definition) is 1. The molecule has 2 aromatic rings. The first-order valence-corrected chi connectivity index (χ1v) is 10.8. The third kappa shape index (κ3) is 3.91. The molecule has 1 aliphatic heterocycles. The number of aromatic nitrogens is 1. The quantitative estimate of drug-likeness (QED) is 0.755. The van der Waals surface area contributed by atoms with Crippen molar-refractivity contribution in [2.45, 2.75) is 42.1 Å². The number of fused-ring (bicyclic) bond motifs is 1. The van der Waals surface area contributed by atoms with Gasteiger partial charge < -0.3 is 10.2 Å². The van der Waals surface area contributed by atoms with Crippen molar-refractivity contribution in [3.8, 4) is 0 Å². The number of benzene rings is 1. The molecule has 0 saturated carbocycles. The molecule has 1 unspecified atom stereocenters. The van der Waals surface area contributed by atoms with Crippen LogP contribution in [0.3, 0.4) is 0 Å². The normalized spacial score (nSPS) is 22.6. The van der Waals surface area contributed by atoms with E-state index in [1.54, 1.807) is 23.1 Å². The molecule has 2 atom stereocenters. The van der Waals surface area contributed by atoms with Crippen LogP contribution in [0.25, 0.3) is 0 Å². The fraction of sp³-hybridized carbons (Fsp3) is 0.474. The van der Waals surface area contributed by atoms with E-state index in [0.717, 1.165) is 36.0 Å². The summed E-state index contributed by atoms with van der Waals surface area (Å²) in [6.07, 6.45) is 5.82. The number of carbonyl (C=O) groups is 1. The fourth-order valence-corrected chi connectivity index (χ4v) is 5.52. The number of carbonyl (C=O) groups excluding carboxylic acids is 1. The van der Waals surface area contributed by atoms with Gasteiger partial charge in [0.25, 0.3) is 0 Å². The van der Waals surface area contributed by atoms with Crippen molar-refractivity contribution >= 4 is 29.0 Å².